The molecule has 8 heteroatoms. The third-order valence-electron chi connectivity index (χ3n) is 7.63. The van der Waals surface area contributed by atoms with Gasteiger partial charge >= 0.3 is 0 Å². The van der Waals surface area contributed by atoms with Gasteiger partial charge in [-0.15, -0.1) is 0 Å². The van der Waals surface area contributed by atoms with E-state index in [1.54, 1.807) is 7.11 Å². The molecule has 6 rings (SSSR count). The molecule has 3 heterocycles. The van der Waals surface area contributed by atoms with E-state index in [1.165, 1.54) is 10.8 Å². The lowest BCUT2D eigenvalue weighted by atomic mass is 9.96. The minimum Gasteiger partial charge on any atom is -0.490 e. The normalized spacial score (nSPS) is 16.8. The average Bonchev–Trinajstić information content (AvgIpc) is 3.48. The fourth-order valence-corrected chi connectivity index (χ4v) is 6.38. The highest BCUT2D eigenvalue weighted by atomic mass is 35.5. The van der Waals surface area contributed by atoms with Crippen LogP contribution in [0.3, 0.4) is 0 Å². The van der Waals surface area contributed by atoms with E-state index in [1.807, 2.05) is 42.6 Å². The number of pyridine rings is 1. The lowest BCUT2D eigenvalue weighted by Crippen LogP contribution is -2.29. The highest BCUT2D eigenvalue weighted by molar-refractivity contribution is 7.80. The number of aryl methyl sites for hydroxylation is 1. The Hall–Kier alpha value is -3.91. The molecule has 0 bridgehead atoms. The van der Waals surface area contributed by atoms with Crippen LogP contribution in [0.5, 0.6) is 5.75 Å². The van der Waals surface area contributed by atoms with Crippen LogP contribution >= 0.6 is 23.8 Å². The SMILES string of the molecule is COCCOc1ccc(N2C(=S)N[C@@H](c3ccccn3)[C@H]2c2cc(C)n(-c3cccc4ccccc34)c2C)cc1Cl. The lowest BCUT2D eigenvalue weighted by Gasteiger charge is -2.28. The summed E-state index contributed by atoms with van der Waals surface area (Å²) in [7, 11) is 1.64. The Morgan fingerprint density at radius 1 is 0.951 bits per heavy atom. The Morgan fingerprint density at radius 2 is 1.76 bits per heavy atom. The van der Waals surface area contributed by atoms with Crippen LogP contribution < -0.4 is 15.0 Å². The van der Waals surface area contributed by atoms with Crippen LogP contribution in [0.1, 0.15) is 34.7 Å². The largest absolute Gasteiger partial charge is 0.490 e. The van der Waals surface area contributed by atoms with Gasteiger partial charge in [0.25, 0.3) is 0 Å². The summed E-state index contributed by atoms with van der Waals surface area (Å²) in [5, 5.41) is 7.11. The van der Waals surface area contributed by atoms with Gasteiger partial charge in [0.1, 0.15) is 12.4 Å². The maximum Gasteiger partial charge on any atom is 0.174 e. The van der Waals surface area contributed by atoms with Crippen LogP contribution in [-0.2, 0) is 4.74 Å². The van der Waals surface area contributed by atoms with Gasteiger partial charge in [0.05, 0.1) is 35.1 Å². The zero-order valence-corrected chi connectivity index (χ0v) is 24.7. The van der Waals surface area contributed by atoms with Gasteiger partial charge in [-0.3, -0.25) is 4.98 Å². The molecule has 0 aliphatic carbocycles. The first-order valence-corrected chi connectivity index (χ1v) is 14.4. The quantitative estimate of drug-likeness (QED) is 0.151. The molecule has 2 aromatic heterocycles. The summed E-state index contributed by atoms with van der Waals surface area (Å²) < 4.78 is 13.3. The first-order chi connectivity index (χ1) is 20.0. The number of rotatable bonds is 8. The summed E-state index contributed by atoms with van der Waals surface area (Å²) in [5.74, 6) is 0.609. The first-order valence-electron chi connectivity index (χ1n) is 13.6. The Bertz CT molecular complexity index is 1720. The Balaban J connectivity index is 1.48. The Morgan fingerprint density at radius 3 is 2.54 bits per heavy atom. The first kappa shape index (κ1) is 27.3. The molecule has 1 aliphatic heterocycles. The second-order valence-corrected chi connectivity index (χ2v) is 10.9. The number of aromatic nitrogens is 2. The van der Waals surface area contributed by atoms with E-state index in [0.717, 1.165) is 34.0 Å². The topological polar surface area (TPSA) is 51.6 Å². The molecule has 2 atom stereocenters. The molecule has 0 unspecified atom stereocenters. The molecule has 208 valence electrons. The fourth-order valence-electron chi connectivity index (χ4n) is 5.80. The predicted octanol–water partition coefficient (Wildman–Crippen LogP) is 7.50. The van der Waals surface area contributed by atoms with Crippen molar-refractivity contribution in [1.82, 2.24) is 14.9 Å². The standard InChI is InChI=1S/C33H31ClN4O2S/c1-21-19-26(22(2)37(21)29-13-8-10-23-9-4-5-11-25(23)29)32-31(28-12-6-7-16-35-28)36-33(41)38(32)24-14-15-30(27(34)20-24)40-18-17-39-3/h4-16,19-20,31-32H,17-18H2,1-3H3,(H,36,41)/t31-,32+/m0/s1. The summed E-state index contributed by atoms with van der Waals surface area (Å²) >= 11 is 12.7. The summed E-state index contributed by atoms with van der Waals surface area (Å²) in [6.07, 6.45) is 1.82. The van der Waals surface area contributed by atoms with E-state index >= 15 is 0 Å². The van der Waals surface area contributed by atoms with Crippen molar-refractivity contribution in [2.24, 2.45) is 0 Å². The van der Waals surface area contributed by atoms with Gasteiger partial charge in [-0.25, -0.2) is 0 Å². The molecular weight excluding hydrogens is 552 g/mol. The van der Waals surface area contributed by atoms with Gasteiger partial charge in [0.15, 0.2) is 5.11 Å². The van der Waals surface area contributed by atoms with Crippen molar-refractivity contribution in [1.29, 1.82) is 0 Å². The number of nitrogens with one attached hydrogen (secondary N) is 1. The number of fused-ring (bicyclic) bond motifs is 1. The van der Waals surface area contributed by atoms with Gasteiger partial charge in [-0.1, -0.05) is 54.1 Å². The number of benzene rings is 3. The molecular formula is C33H31ClN4O2S. The Labute approximate surface area is 250 Å². The van der Waals surface area contributed by atoms with Crippen LogP contribution in [0.4, 0.5) is 5.69 Å². The number of hydrogen-bond donors (Lipinski definition) is 1. The molecule has 5 aromatic rings. The second-order valence-electron chi connectivity index (χ2n) is 10.1. The van der Waals surface area contributed by atoms with Gasteiger partial charge in [-0.2, -0.15) is 0 Å². The number of nitrogens with zero attached hydrogens (tertiary/aromatic N) is 3. The smallest absolute Gasteiger partial charge is 0.174 e. The predicted molar refractivity (Wildman–Crippen MR) is 170 cm³/mol. The van der Waals surface area contributed by atoms with Crippen molar-refractivity contribution >= 4 is 45.4 Å². The fraction of sp³-hybridized carbons (Fsp3) is 0.212. The van der Waals surface area contributed by atoms with Crippen molar-refractivity contribution in [2.45, 2.75) is 25.9 Å². The molecule has 1 aliphatic rings. The summed E-state index contributed by atoms with van der Waals surface area (Å²) in [6, 6.07) is 28.7. The zero-order chi connectivity index (χ0) is 28.5. The van der Waals surface area contributed by atoms with Crippen molar-refractivity contribution < 1.29 is 9.47 Å². The van der Waals surface area contributed by atoms with E-state index in [9.17, 15) is 0 Å². The van der Waals surface area contributed by atoms with Gasteiger partial charge in [0, 0.05) is 35.8 Å². The van der Waals surface area contributed by atoms with Gasteiger partial charge in [-0.05, 0) is 79.5 Å². The highest BCUT2D eigenvalue weighted by Crippen LogP contribution is 2.45. The van der Waals surface area contributed by atoms with Crippen LogP contribution in [0, 0.1) is 13.8 Å². The molecule has 0 amide bonds. The van der Waals surface area contributed by atoms with E-state index in [-0.39, 0.29) is 12.1 Å². The maximum absolute atomic E-state index is 6.71. The van der Waals surface area contributed by atoms with Crippen LogP contribution in [0.15, 0.2) is 91.1 Å². The number of anilines is 1. The molecule has 0 radical (unpaired) electrons. The second kappa shape index (κ2) is 11.5. The molecule has 0 saturated carbocycles. The number of hydrogen-bond acceptors (Lipinski definition) is 4. The number of halogens is 1. The maximum atomic E-state index is 6.71. The van der Waals surface area contributed by atoms with Crippen LogP contribution in [0.25, 0.3) is 16.5 Å². The van der Waals surface area contributed by atoms with Gasteiger partial charge in [0.2, 0.25) is 0 Å². The van der Waals surface area contributed by atoms with Crippen molar-refractivity contribution in [3.8, 4) is 11.4 Å². The molecule has 1 saturated heterocycles. The Kier molecular flexibility index (Phi) is 7.67. The average molecular weight is 583 g/mol. The van der Waals surface area contributed by atoms with Crippen molar-refractivity contribution in [2.75, 3.05) is 25.2 Å². The summed E-state index contributed by atoms with van der Waals surface area (Å²) in [6.45, 7) is 5.24. The highest BCUT2D eigenvalue weighted by Gasteiger charge is 2.42. The third-order valence-corrected chi connectivity index (χ3v) is 8.24. The minimum absolute atomic E-state index is 0.163. The molecule has 6 nitrogen and oxygen atoms in total. The molecule has 0 spiro atoms. The number of thiocarbonyl (C=S) groups is 1. The van der Waals surface area contributed by atoms with Crippen molar-refractivity contribution in [3.63, 3.8) is 0 Å². The van der Waals surface area contributed by atoms with E-state index in [4.69, 9.17) is 38.3 Å². The summed E-state index contributed by atoms with van der Waals surface area (Å²) in [4.78, 5) is 6.86. The van der Waals surface area contributed by atoms with Gasteiger partial charge < -0.3 is 24.3 Å². The van der Waals surface area contributed by atoms with E-state index in [0.29, 0.717) is 29.1 Å². The monoisotopic (exact) mass is 582 g/mol. The van der Waals surface area contributed by atoms with E-state index < -0.39 is 0 Å². The van der Waals surface area contributed by atoms with Crippen LogP contribution in [-0.4, -0.2) is 35.0 Å². The van der Waals surface area contributed by atoms with Crippen molar-refractivity contribution in [3.05, 3.63) is 119 Å². The molecule has 3 aromatic carbocycles. The molecule has 1 fully saturated rings. The third kappa shape index (κ3) is 5.05. The lowest BCUT2D eigenvalue weighted by molar-refractivity contribution is 0.146. The zero-order valence-electron chi connectivity index (χ0n) is 23.2. The minimum atomic E-state index is -0.165. The summed E-state index contributed by atoms with van der Waals surface area (Å²) in [5.41, 5.74) is 6.40. The number of ether oxygens (including phenoxy) is 2. The van der Waals surface area contributed by atoms with Crippen LogP contribution in [0.2, 0.25) is 5.02 Å². The van der Waals surface area contributed by atoms with E-state index in [2.05, 4.69) is 77.2 Å². The molecule has 41 heavy (non-hydrogen) atoms. The number of methoxy groups -OCH3 is 1. The molecule has 1 N–H and O–H groups in total.